The second-order valence-corrected chi connectivity index (χ2v) is 7.81. The van der Waals surface area contributed by atoms with Crippen molar-refractivity contribution in [2.75, 3.05) is 11.9 Å². The van der Waals surface area contributed by atoms with E-state index >= 15 is 0 Å². The quantitative estimate of drug-likeness (QED) is 0.630. The zero-order valence-corrected chi connectivity index (χ0v) is 17.2. The first-order valence-electron chi connectivity index (χ1n) is 10.5. The van der Waals surface area contributed by atoms with Crippen molar-refractivity contribution in [2.24, 2.45) is 0 Å². The van der Waals surface area contributed by atoms with Crippen LogP contribution in [0.4, 0.5) is 10.1 Å². The highest BCUT2D eigenvalue weighted by molar-refractivity contribution is 5.97. The number of halogens is 1. The van der Waals surface area contributed by atoms with Gasteiger partial charge in [-0.2, -0.15) is 0 Å². The van der Waals surface area contributed by atoms with Crippen molar-refractivity contribution in [3.8, 4) is 0 Å². The Balaban J connectivity index is 1.39. The molecule has 1 atom stereocenters. The van der Waals surface area contributed by atoms with Crippen LogP contribution in [0.3, 0.4) is 0 Å². The number of hydrogen-bond acceptors (Lipinski definition) is 3. The zero-order valence-electron chi connectivity index (χ0n) is 17.2. The van der Waals surface area contributed by atoms with Gasteiger partial charge in [0.25, 0.3) is 5.91 Å². The molecule has 0 bridgehead atoms. The minimum absolute atomic E-state index is 0.0442. The van der Waals surface area contributed by atoms with Gasteiger partial charge in [-0.05, 0) is 55.2 Å². The third-order valence-corrected chi connectivity index (χ3v) is 5.55. The highest BCUT2D eigenvalue weighted by Gasteiger charge is 2.29. The van der Waals surface area contributed by atoms with Crippen LogP contribution < -0.4 is 5.32 Å². The molecular formula is C24H25FN4O2. The second kappa shape index (κ2) is 9.55. The van der Waals surface area contributed by atoms with Gasteiger partial charge in [-0.3, -0.25) is 9.59 Å². The topological polar surface area (TPSA) is 67.2 Å². The fourth-order valence-electron chi connectivity index (χ4n) is 4.02. The summed E-state index contributed by atoms with van der Waals surface area (Å²) in [6.45, 7) is 1.22. The maximum absolute atomic E-state index is 13.5. The monoisotopic (exact) mass is 420 g/mol. The van der Waals surface area contributed by atoms with Crippen LogP contribution in [-0.2, 0) is 17.8 Å². The van der Waals surface area contributed by atoms with E-state index in [0.717, 1.165) is 18.4 Å². The lowest BCUT2D eigenvalue weighted by Gasteiger charge is -2.25. The molecule has 31 heavy (non-hydrogen) atoms. The van der Waals surface area contributed by atoms with Gasteiger partial charge in [0.2, 0.25) is 5.91 Å². The van der Waals surface area contributed by atoms with Crippen LogP contribution in [0.25, 0.3) is 0 Å². The fourth-order valence-corrected chi connectivity index (χ4v) is 4.02. The Bertz CT molecular complexity index is 1050. The Morgan fingerprint density at radius 3 is 2.84 bits per heavy atom. The van der Waals surface area contributed by atoms with Crippen LogP contribution in [0, 0.1) is 5.82 Å². The zero-order chi connectivity index (χ0) is 21.6. The summed E-state index contributed by atoms with van der Waals surface area (Å²) < 4.78 is 15.4. The first kappa shape index (κ1) is 20.8. The van der Waals surface area contributed by atoms with Crippen LogP contribution >= 0.6 is 0 Å². The average molecular weight is 420 g/mol. The highest BCUT2D eigenvalue weighted by atomic mass is 19.1. The molecule has 2 heterocycles. The first-order valence-corrected chi connectivity index (χ1v) is 10.5. The third-order valence-electron chi connectivity index (χ3n) is 5.55. The highest BCUT2D eigenvalue weighted by Crippen LogP contribution is 2.24. The number of imidazole rings is 1. The lowest BCUT2D eigenvalue weighted by molar-refractivity contribution is -0.116. The van der Waals surface area contributed by atoms with Gasteiger partial charge in [-0.25, -0.2) is 9.37 Å². The summed E-state index contributed by atoms with van der Waals surface area (Å²) in [5.41, 5.74) is 2.03. The molecule has 1 aliphatic rings. The van der Waals surface area contributed by atoms with E-state index in [1.165, 1.54) is 12.1 Å². The number of carbonyl (C=O) groups excluding carboxylic acids is 2. The van der Waals surface area contributed by atoms with Gasteiger partial charge >= 0.3 is 0 Å². The number of nitrogens with zero attached hydrogens (tertiary/aromatic N) is 3. The van der Waals surface area contributed by atoms with Crippen LogP contribution in [0.5, 0.6) is 0 Å². The SMILES string of the molecule is O=C(CCn1ccnc1)Nc1cccc(C(=O)N2CCCC2Cc2cccc(F)c2)c1. The van der Waals surface area contributed by atoms with Crippen molar-refractivity contribution in [3.05, 3.63) is 84.2 Å². The Morgan fingerprint density at radius 2 is 2.03 bits per heavy atom. The van der Waals surface area contributed by atoms with E-state index in [1.807, 2.05) is 21.7 Å². The molecule has 1 unspecified atom stereocenters. The molecule has 4 rings (SSSR count). The number of carbonyl (C=O) groups is 2. The molecule has 6 nitrogen and oxygen atoms in total. The number of aromatic nitrogens is 2. The molecular weight excluding hydrogens is 395 g/mol. The number of rotatable bonds is 7. The first-order chi connectivity index (χ1) is 15.1. The van der Waals surface area contributed by atoms with Gasteiger partial charge < -0.3 is 14.8 Å². The largest absolute Gasteiger partial charge is 0.337 e. The van der Waals surface area contributed by atoms with E-state index in [4.69, 9.17) is 0 Å². The molecule has 1 N–H and O–H groups in total. The maximum atomic E-state index is 13.5. The number of hydrogen-bond donors (Lipinski definition) is 1. The molecule has 0 spiro atoms. The molecule has 0 radical (unpaired) electrons. The normalized spacial score (nSPS) is 15.8. The van der Waals surface area contributed by atoms with Crippen LogP contribution in [0.1, 0.15) is 35.2 Å². The van der Waals surface area contributed by atoms with Gasteiger partial charge in [-0.1, -0.05) is 18.2 Å². The van der Waals surface area contributed by atoms with Crippen molar-refractivity contribution >= 4 is 17.5 Å². The molecule has 1 aromatic heterocycles. The van der Waals surface area contributed by atoms with Gasteiger partial charge in [0.15, 0.2) is 0 Å². The van der Waals surface area contributed by atoms with Crippen LogP contribution in [0.15, 0.2) is 67.3 Å². The van der Waals surface area contributed by atoms with Crippen molar-refractivity contribution in [1.82, 2.24) is 14.5 Å². The van der Waals surface area contributed by atoms with Gasteiger partial charge in [-0.15, -0.1) is 0 Å². The summed E-state index contributed by atoms with van der Waals surface area (Å²) in [4.78, 5) is 31.2. The minimum atomic E-state index is -0.259. The lowest BCUT2D eigenvalue weighted by Crippen LogP contribution is -2.36. The molecule has 1 saturated heterocycles. The summed E-state index contributed by atoms with van der Waals surface area (Å²) in [6, 6.07) is 13.6. The lowest BCUT2D eigenvalue weighted by atomic mass is 10.0. The van der Waals surface area contributed by atoms with Crippen molar-refractivity contribution in [1.29, 1.82) is 0 Å². The number of likely N-dealkylation sites (tertiary alicyclic amines) is 1. The molecule has 0 aliphatic carbocycles. The van der Waals surface area contributed by atoms with E-state index in [0.29, 0.717) is 37.2 Å². The Kier molecular flexibility index (Phi) is 6.40. The molecule has 160 valence electrons. The molecule has 0 saturated carbocycles. The Labute approximate surface area is 180 Å². The van der Waals surface area contributed by atoms with Crippen LogP contribution in [-0.4, -0.2) is 38.9 Å². The van der Waals surface area contributed by atoms with E-state index < -0.39 is 0 Å². The summed E-state index contributed by atoms with van der Waals surface area (Å²) >= 11 is 0. The number of anilines is 1. The third kappa shape index (κ3) is 5.36. The standard InChI is InChI=1S/C24H25FN4O2/c25-20-6-1-4-18(14-20)15-22-8-3-11-29(22)24(31)19-5-2-7-21(16-19)27-23(30)9-12-28-13-10-26-17-28/h1-2,4-7,10,13-14,16-17,22H,3,8-9,11-12,15H2,(H,27,30). The van der Waals surface area contributed by atoms with E-state index in [1.54, 1.807) is 42.9 Å². The minimum Gasteiger partial charge on any atom is -0.337 e. The molecule has 1 fully saturated rings. The Hall–Kier alpha value is -3.48. The molecule has 1 aliphatic heterocycles. The van der Waals surface area contributed by atoms with E-state index in [9.17, 15) is 14.0 Å². The molecule has 7 heteroatoms. The molecule has 3 aromatic rings. The summed E-state index contributed by atoms with van der Waals surface area (Å²) in [5.74, 6) is -0.443. The van der Waals surface area contributed by atoms with Gasteiger partial charge in [0, 0.05) is 49.2 Å². The van der Waals surface area contributed by atoms with E-state index in [2.05, 4.69) is 10.3 Å². The van der Waals surface area contributed by atoms with Crippen LogP contribution in [0.2, 0.25) is 0 Å². The van der Waals surface area contributed by atoms with E-state index in [-0.39, 0.29) is 23.7 Å². The maximum Gasteiger partial charge on any atom is 0.254 e. The van der Waals surface area contributed by atoms with Gasteiger partial charge in [0.05, 0.1) is 6.33 Å². The second-order valence-electron chi connectivity index (χ2n) is 7.81. The number of nitrogens with one attached hydrogen (secondary N) is 1. The predicted molar refractivity (Wildman–Crippen MR) is 116 cm³/mol. The Morgan fingerprint density at radius 1 is 1.16 bits per heavy atom. The summed E-state index contributed by atoms with van der Waals surface area (Å²) in [7, 11) is 0. The van der Waals surface area contributed by atoms with Crippen molar-refractivity contribution < 1.29 is 14.0 Å². The number of benzene rings is 2. The van der Waals surface area contributed by atoms with Gasteiger partial charge in [0.1, 0.15) is 5.82 Å². The fraction of sp³-hybridized carbons (Fsp3) is 0.292. The molecule has 2 aromatic carbocycles. The number of aryl methyl sites for hydroxylation is 1. The number of amides is 2. The summed E-state index contributed by atoms with van der Waals surface area (Å²) in [5, 5.41) is 2.86. The smallest absolute Gasteiger partial charge is 0.254 e. The molecule has 2 amide bonds. The summed E-state index contributed by atoms with van der Waals surface area (Å²) in [6.07, 6.45) is 7.92. The average Bonchev–Trinajstić information content (AvgIpc) is 3.44. The van der Waals surface area contributed by atoms with Crippen molar-refractivity contribution in [3.63, 3.8) is 0 Å². The van der Waals surface area contributed by atoms with Crippen molar-refractivity contribution in [2.45, 2.75) is 38.3 Å². The predicted octanol–water partition coefficient (Wildman–Crippen LogP) is 3.90.